The Morgan fingerprint density at radius 2 is 1.97 bits per heavy atom. The van der Waals surface area contributed by atoms with Gasteiger partial charge in [-0.05, 0) is 35.7 Å². The number of hydrogen-bond donors (Lipinski definition) is 1. The van der Waals surface area contributed by atoms with E-state index in [9.17, 15) is 4.79 Å². The van der Waals surface area contributed by atoms with Crippen molar-refractivity contribution in [3.05, 3.63) is 72.0 Å². The fraction of sp³-hybridized carbons (Fsp3) is 0.143. The Morgan fingerprint density at radius 3 is 2.73 bits per heavy atom. The molecule has 0 unspecified atom stereocenters. The summed E-state index contributed by atoms with van der Waals surface area (Å²) in [5, 5.41) is 9.20. The number of amides is 1. The predicted octanol–water partition coefficient (Wildman–Crippen LogP) is 3.67. The second-order valence-electron chi connectivity index (χ2n) is 6.14. The molecule has 8 nitrogen and oxygen atoms in total. The Balaban J connectivity index is 1.63. The van der Waals surface area contributed by atoms with Crippen molar-refractivity contribution in [3.8, 4) is 22.3 Å². The van der Waals surface area contributed by atoms with Crippen LogP contribution in [0.4, 0.5) is 5.69 Å². The minimum absolute atomic E-state index is 0.0500. The summed E-state index contributed by atoms with van der Waals surface area (Å²) in [4.78, 5) is 22.5. The lowest BCUT2D eigenvalue weighted by molar-refractivity contribution is 0.101. The molecule has 4 rings (SSSR count). The van der Waals surface area contributed by atoms with Crippen molar-refractivity contribution in [1.82, 2.24) is 19.7 Å². The summed E-state index contributed by atoms with van der Waals surface area (Å²) in [6.45, 7) is 0.733. The van der Waals surface area contributed by atoms with Crippen molar-refractivity contribution in [2.45, 2.75) is 0 Å². The van der Waals surface area contributed by atoms with Gasteiger partial charge in [-0.25, -0.2) is 14.6 Å². The Bertz CT molecular complexity index is 1110. The van der Waals surface area contributed by atoms with Crippen LogP contribution in [0.1, 0.15) is 10.6 Å². The Kier molecular flexibility index (Phi) is 6.11. The molecule has 1 aromatic carbocycles. The molecule has 0 saturated heterocycles. The zero-order chi connectivity index (χ0) is 20.8. The van der Waals surface area contributed by atoms with Crippen molar-refractivity contribution in [2.75, 3.05) is 25.6 Å². The topological polar surface area (TPSA) is 91.2 Å². The van der Waals surface area contributed by atoms with Gasteiger partial charge in [-0.15, -0.1) is 16.4 Å². The number of nitrogens with zero attached hydrogens (tertiary/aromatic N) is 4. The molecule has 0 fully saturated rings. The van der Waals surface area contributed by atoms with Crippen molar-refractivity contribution >= 4 is 22.9 Å². The number of rotatable bonds is 8. The Labute approximate surface area is 177 Å². The number of carbonyl (C=O) groups excluding carboxylic acids is 1. The summed E-state index contributed by atoms with van der Waals surface area (Å²) in [6.07, 6.45) is 1.59. The zero-order valence-corrected chi connectivity index (χ0v) is 17.0. The number of methoxy groups -OCH3 is 1. The number of hydrogen-bond acceptors (Lipinski definition) is 7. The second kappa shape index (κ2) is 9.29. The number of ether oxygens (including phenoxy) is 2. The van der Waals surface area contributed by atoms with Crippen molar-refractivity contribution in [2.24, 2.45) is 0 Å². The van der Waals surface area contributed by atoms with Gasteiger partial charge in [0.25, 0.3) is 5.91 Å². The largest absolute Gasteiger partial charge is 0.474 e. The Hall–Kier alpha value is -3.56. The maximum absolute atomic E-state index is 12.9. The molecule has 0 spiro atoms. The van der Waals surface area contributed by atoms with Crippen molar-refractivity contribution in [3.63, 3.8) is 0 Å². The van der Waals surface area contributed by atoms with Crippen LogP contribution in [-0.2, 0) is 4.74 Å². The number of nitrogens with one attached hydrogen (secondary N) is 1. The maximum atomic E-state index is 12.9. The van der Waals surface area contributed by atoms with E-state index in [0.29, 0.717) is 30.6 Å². The first-order valence-corrected chi connectivity index (χ1v) is 10.1. The number of thiophene rings is 1. The van der Waals surface area contributed by atoms with E-state index < -0.39 is 5.91 Å². The molecule has 4 aromatic rings. The van der Waals surface area contributed by atoms with E-state index in [1.807, 2.05) is 47.8 Å². The molecule has 1 amide bonds. The van der Waals surface area contributed by atoms with Crippen LogP contribution < -0.4 is 10.1 Å². The second-order valence-corrected chi connectivity index (χ2v) is 7.08. The normalized spacial score (nSPS) is 10.7. The lowest BCUT2D eigenvalue weighted by Gasteiger charge is -2.09. The summed E-state index contributed by atoms with van der Waals surface area (Å²) in [7, 11) is 1.59. The van der Waals surface area contributed by atoms with Gasteiger partial charge >= 0.3 is 0 Å². The lowest BCUT2D eigenvalue weighted by atomic mass is 10.3. The number of para-hydroxylation sites is 1. The molecule has 1 N–H and O–H groups in total. The first kappa shape index (κ1) is 19.7. The van der Waals surface area contributed by atoms with Crippen LogP contribution >= 0.6 is 11.3 Å². The smallest absolute Gasteiger partial charge is 0.295 e. The van der Waals surface area contributed by atoms with Gasteiger partial charge in [-0.3, -0.25) is 4.79 Å². The third-order valence-electron chi connectivity index (χ3n) is 4.10. The minimum Gasteiger partial charge on any atom is -0.474 e. The highest BCUT2D eigenvalue weighted by Crippen LogP contribution is 2.26. The van der Waals surface area contributed by atoms with Gasteiger partial charge in [0.05, 0.1) is 17.2 Å². The van der Waals surface area contributed by atoms with Crippen LogP contribution in [0, 0.1) is 0 Å². The predicted molar refractivity (Wildman–Crippen MR) is 114 cm³/mol. The van der Waals surface area contributed by atoms with Crippen molar-refractivity contribution < 1.29 is 14.3 Å². The third-order valence-corrected chi connectivity index (χ3v) is 4.96. The summed E-state index contributed by atoms with van der Waals surface area (Å²) >= 11 is 1.53. The van der Waals surface area contributed by atoms with E-state index in [4.69, 9.17) is 9.47 Å². The van der Waals surface area contributed by atoms with Crippen LogP contribution in [0.5, 0.6) is 5.88 Å². The number of benzene rings is 1. The molecule has 152 valence electrons. The molecule has 0 atom stereocenters. The summed E-state index contributed by atoms with van der Waals surface area (Å²) in [5.41, 5.74) is 1.25. The highest BCUT2D eigenvalue weighted by atomic mass is 32.1. The molecular weight excluding hydrogens is 402 g/mol. The number of carbonyl (C=O) groups is 1. The van der Waals surface area contributed by atoms with Crippen LogP contribution in [-0.4, -0.2) is 46.0 Å². The van der Waals surface area contributed by atoms with Crippen molar-refractivity contribution in [1.29, 1.82) is 0 Å². The average molecular weight is 421 g/mol. The molecule has 0 aliphatic carbocycles. The molecule has 30 heavy (non-hydrogen) atoms. The minimum atomic E-state index is -0.452. The zero-order valence-electron chi connectivity index (χ0n) is 16.2. The molecular formula is C21H19N5O3S. The third kappa shape index (κ3) is 4.37. The highest BCUT2D eigenvalue weighted by molar-refractivity contribution is 7.13. The number of pyridine rings is 1. The highest BCUT2D eigenvalue weighted by Gasteiger charge is 2.20. The molecule has 0 bridgehead atoms. The fourth-order valence-corrected chi connectivity index (χ4v) is 3.42. The van der Waals surface area contributed by atoms with E-state index in [1.165, 1.54) is 11.3 Å². The van der Waals surface area contributed by atoms with E-state index in [1.54, 1.807) is 30.1 Å². The van der Waals surface area contributed by atoms with Gasteiger partial charge in [0, 0.05) is 13.3 Å². The molecule has 3 aromatic heterocycles. The standard InChI is InChI=1S/C21H19N5O3S/c1-28-12-13-29-21-16(9-5-11-22-21)23-20(27)18-24-19(17-10-6-14-30-17)26(25-18)15-7-3-2-4-8-15/h2-11,14H,12-13H2,1H3,(H,23,27). The molecule has 0 aliphatic heterocycles. The van der Waals surface area contributed by atoms with E-state index in [0.717, 1.165) is 10.6 Å². The van der Waals surface area contributed by atoms with Gasteiger partial charge in [-0.1, -0.05) is 24.3 Å². The number of anilines is 1. The molecule has 0 aliphatic rings. The first-order valence-electron chi connectivity index (χ1n) is 9.20. The molecule has 0 saturated carbocycles. The maximum Gasteiger partial charge on any atom is 0.295 e. The Morgan fingerprint density at radius 1 is 1.10 bits per heavy atom. The fourth-order valence-electron chi connectivity index (χ4n) is 2.72. The average Bonchev–Trinajstić information content (AvgIpc) is 3.46. The molecule has 9 heteroatoms. The monoisotopic (exact) mass is 421 g/mol. The SMILES string of the molecule is COCCOc1ncccc1NC(=O)c1nc(-c2cccs2)n(-c2ccccc2)n1. The lowest BCUT2D eigenvalue weighted by Crippen LogP contribution is -2.16. The van der Waals surface area contributed by atoms with E-state index in [2.05, 4.69) is 20.4 Å². The van der Waals surface area contributed by atoms with Crippen LogP contribution in [0.2, 0.25) is 0 Å². The van der Waals surface area contributed by atoms with Crippen LogP contribution in [0.3, 0.4) is 0 Å². The van der Waals surface area contributed by atoms with E-state index >= 15 is 0 Å². The summed E-state index contributed by atoms with van der Waals surface area (Å²) < 4.78 is 12.2. The van der Waals surface area contributed by atoms with Gasteiger partial charge in [0.2, 0.25) is 11.7 Å². The van der Waals surface area contributed by atoms with Crippen LogP contribution in [0.15, 0.2) is 66.2 Å². The van der Waals surface area contributed by atoms with Gasteiger partial charge in [-0.2, -0.15) is 0 Å². The summed E-state index contributed by atoms with van der Waals surface area (Å²) in [5.74, 6) is 0.508. The first-order chi connectivity index (χ1) is 14.8. The van der Waals surface area contributed by atoms with Crippen LogP contribution in [0.25, 0.3) is 16.4 Å². The van der Waals surface area contributed by atoms with E-state index in [-0.39, 0.29) is 5.82 Å². The molecule has 3 heterocycles. The summed E-state index contributed by atoms with van der Waals surface area (Å²) in [6, 6.07) is 16.9. The molecule has 0 radical (unpaired) electrons. The quantitative estimate of drug-likeness (QED) is 0.437. The van der Waals surface area contributed by atoms with Gasteiger partial charge in [0.1, 0.15) is 12.3 Å². The van der Waals surface area contributed by atoms with Gasteiger partial charge < -0.3 is 14.8 Å². The number of aromatic nitrogens is 4. The van der Waals surface area contributed by atoms with Gasteiger partial charge in [0.15, 0.2) is 5.82 Å².